The summed E-state index contributed by atoms with van der Waals surface area (Å²) < 4.78 is 22.3. The highest BCUT2D eigenvalue weighted by molar-refractivity contribution is 5.91. The fourth-order valence-corrected chi connectivity index (χ4v) is 4.24. The molecule has 9 nitrogen and oxygen atoms in total. The summed E-state index contributed by atoms with van der Waals surface area (Å²) in [5.74, 6) is -1.57. The third-order valence-electron chi connectivity index (χ3n) is 6.15. The standard InChI is InChI=1S/C31H18O9/c32-21-13-11-19-23(34)15-25(17-7-3-1-4-8-17)37-27(19)29(21)39-31(36)40-30-22(33)14-12-20-24(35)16-26(38-28(20)30)18-9-5-2-6-10-18/h1-16,32-33H. The minimum absolute atomic E-state index is 0.0480. The van der Waals surface area contributed by atoms with Gasteiger partial charge in [-0.15, -0.1) is 0 Å². The van der Waals surface area contributed by atoms with Gasteiger partial charge in [0.25, 0.3) is 0 Å². The second kappa shape index (κ2) is 9.80. The third kappa shape index (κ3) is 4.41. The first-order valence-corrected chi connectivity index (χ1v) is 12.0. The fraction of sp³-hybridized carbons (Fsp3) is 0. The van der Waals surface area contributed by atoms with Gasteiger partial charge in [-0.1, -0.05) is 60.7 Å². The number of phenols is 2. The Kier molecular flexibility index (Phi) is 6.01. The van der Waals surface area contributed by atoms with Gasteiger partial charge < -0.3 is 28.5 Å². The molecule has 9 heteroatoms. The van der Waals surface area contributed by atoms with E-state index in [1.165, 1.54) is 36.4 Å². The van der Waals surface area contributed by atoms with Crippen LogP contribution in [0.25, 0.3) is 44.6 Å². The zero-order chi connectivity index (χ0) is 27.8. The van der Waals surface area contributed by atoms with Gasteiger partial charge in [-0.2, -0.15) is 0 Å². The number of carbonyl (C=O) groups excluding carboxylic acids is 1. The van der Waals surface area contributed by atoms with E-state index < -0.39 is 40.0 Å². The van der Waals surface area contributed by atoms with E-state index in [9.17, 15) is 24.6 Å². The van der Waals surface area contributed by atoms with E-state index in [1.807, 2.05) is 0 Å². The number of phenolic OH excluding ortho intramolecular Hbond substituents is 2. The van der Waals surface area contributed by atoms with Gasteiger partial charge in [0, 0.05) is 23.3 Å². The molecule has 2 N–H and O–H groups in total. The molecule has 0 aliphatic carbocycles. The SMILES string of the molecule is O=C(Oc1c(O)ccc2c(=O)cc(-c3ccccc3)oc12)Oc1c(O)ccc2c(=O)cc(-c3ccccc3)oc12. The summed E-state index contributed by atoms with van der Waals surface area (Å²) in [5, 5.41) is 21.1. The summed E-state index contributed by atoms with van der Waals surface area (Å²) in [6, 6.07) is 25.1. The average molecular weight is 534 g/mol. The van der Waals surface area contributed by atoms with Crippen molar-refractivity contribution in [3.8, 4) is 45.6 Å². The molecular weight excluding hydrogens is 516 g/mol. The number of hydrogen-bond acceptors (Lipinski definition) is 9. The molecule has 0 atom stereocenters. The molecule has 196 valence electrons. The highest BCUT2D eigenvalue weighted by atomic mass is 16.7. The van der Waals surface area contributed by atoms with Gasteiger partial charge in [0.2, 0.25) is 11.5 Å². The normalized spacial score (nSPS) is 11.0. The van der Waals surface area contributed by atoms with E-state index in [2.05, 4.69) is 0 Å². The van der Waals surface area contributed by atoms with Crippen molar-refractivity contribution < 1.29 is 33.3 Å². The third-order valence-corrected chi connectivity index (χ3v) is 6.15. The lowest BCUT2D eigenvalue weighted by molar-refractivity contribution is 0.149. The molecule has 0 amide bonds. The number of aromatic hydroxyl groups is 2. The van der Waals surface area contributed by atoms with Crippen molar-refractivity contribution in [2.24, 2.45) is 0 Å². The Hall–Kier alpha value is -5.83. The second-order valence-corrected chi connectivity index (χ2v) is 8.72. The molecule has 40 heavy (non-hydrogen) atoms. The lowest BCUT2D eigenvalue weighted by atomic mass is 10.1. The van der Waals surface area contributed by atoms with E-state index in [0.717, 1.165) is 0 Å². The van der Waals surface area contributed by atoms with Crippen molar-refractivity contribution in [3.05, 3.63) is 118 Å². The molecular formula is C31H18O9. The van der Waals surface area contributed by atoms with Crippen LogP contribution in [-0.2, 0) is 0 Å². The number of benzene rings is 4. The molecule has 0 bridgehead atoms. The van der Waals surface area contributed by atoms with E-state index in [1.54, 1.807) is 60.7 Å². The van der Waals surface area contributed by atoms with Crippen LogP contribution in [-0.4, -0.2) is 16.4 Å². The maximum absolute atomic E-state index is 12.9. The van der Waals surface area contributed by atoms with Crippen LogP contribution in [0.15, 0.2) is 115 Å². The first-order valence-electron chi connectivity index (χ1n) is 12.0. The van der Waals surface area contributed by atoms with Gasteiger partial charge in [-0.3, -0.25) is 9.59 Å². The van der Waals surface area contributed by atoms with Gasteiger partial charge in [-0.05, 0) is 24.3 Å². The van der Waals surface area contributed by atoms with Gasteiger partial charge in [0.05, 0.1) is 10.8 Å². The monoisotopic (exact) mass is 534 g/mol. The van der Waals surface area contributed by atoms with Crippen molar-refractivity contribution in [1.29, 1.82) is 0 Å². The van der Waals surface area contributed by atoms with Gasteiger partial charge in [0.1, 0.15) is 11.5 Å². The second-order valence-electron chi connectivity index (χ2n) is 8.72. The van der Waals surface area contributed by atoms with Crippen molar-refractivity contribution >= 4 is 28.1 Å². The number of fused-ring (bicyclic) bond motifs is 2. The maximum Gasteiger partial charge on any atom is 0.519 e. The Labute approximate surface area is 224 Å². The average Bonchev–Trinajstić information content (AvgIpc) is 2.97. The van der Waals surface area contributed by atoms with Crippen molar-refractivity contribution in [3.63, 3.8) is 0 Å². The Bertz CT molecular complexity index is 1880. The Balaban J connectivity index is 1.41. The summed E-state index contributed by atoms with van der Waals surface area (Å²) in [6.07, 6.45) is -1.40. The first-order chi connectivity index (χ1) is 19.4. The van der Waals surface area contributed by atoms with E-state index >= 15 is 0 Å². The predicted octanol–water partition coefficient (Wildman–Crippen LogP) is 6.22. The van der Waals surface area contributed by atoms with E-state index in [4.69, 9.17) is 18.3 Å². The van der Waals surface area contributed by atoms with Gasteiger partial charge in [0.15, 0.2) is 33.5 Å². The molecule has 6 aromatic rings. The first kappa shape index (κ1) is 24.5. The van der Waals surface area contributed by atoms with Crippen molar-refractivity contribution in [2.45, 2.75) is 0 Å². The van der Waals surface area contributed by atoms with Crippen LogP contribution < -0.4 is 20.3 Å². The molecule has 0 saturated heterocycles. The molecule has 0 aliphatic rings. The topological polar surface area (TPSA) is 136 Å². The van der Waals surface area contributed by atoms with Crippen LogP contribution in [0.5, 0.6) is 23.0 Å². The molecule has 0 fully saturated rings. The molecule has 4 aromatic carbocycles. The van der Waals surface area contributed by atoms with Crippen molar-refractivity contribution in [1.82, 2.24) is 0 Å². The highest BCUT2D eigenvalue weighted by Crippen LogP contribution is 2.38. The molecule has 0 spiro atoms. The Morgan fingerprint density at radius 3 is 1.38 bits per heavy atom. The molecule has 0 unspecified atom stereocenters. The minimum Gasteiger partial charge on any atom is -0.504 e. The largest absolute Gasteiger partial charge is 0.519 e. The minimum atomic E-state index is -1.40. The fourth-order valence-electron chi connectivity index (χ4n) is 4.24. The lowest BCUT2D eigenvalue weighted by Gasteiger charge is -2.12. The zero-order valence-electron chi connectivity index (χ0n) is 20.5. The molecule has 6 rings (SSSR count). The molecule has 2 aromatic heterocycles. The van der Waals surface area contributed by atoms with Crippen LogP contribution in [0, 0.1) is 0 Å². The van der Waals surface area contributed by atoms with Crippen LogP contribution in [0.3, 0.4) is 0 Å². The molecule has 0 radical (unpaired) electrons. The quantitative estimate of drug-likeness (QED) is 0.199. The Morgan fingerprint density at radius 1 is 0.575 bits per heavy atom. The lowest BCUT2D eigenvalue weighted by Crippen LogP contribution is -2.15. The van der Waals surface area contributed by atoms with Crippen LogP contribution in [0.1, 0.15) is 0 Å². The summed E-state index contributed by atoms with van der Waals surface area (Å²) in [5.41, 5.74) is -0.0706. The molecule has 2 heterocycles. The zero-order valence-corrected chi connectivity index (χ0v) is 20.5. The summed E-state index contributed by atoms with van der Waals surface area (Å²) in [4.78, 5) is 38.5. The summed E-state index contributed by atoms with van der Waals surface area (Å²) >= 11 is 0. The van der Waals surface area contributed by atoms with Gasteiger partial charge >= 0.3 is 6.16 Å². The molecule has 0 aliphatic heterocycles. The highest BCUT2D eigenvalue weighted by Gasteiger charge is 2.23. The molecule has 0 saturated carbocycles. The van der Waals surface area contributed by atoms with Crippen LogP contribution >= 0.6 is 0 Å². The van der Waals surface area contributed by atoms with Crippen LogP contribution in [0.4, 0.5) is 4.79 Å². The number of ether oxygens (including phenoxy) is 2. The predicted molar refractivity (Wildman–Crippen MR) is 146 cm³/mol. The maximum atomic E-state index is 12.9. The van der Waals surface area contributed by atoms with Crippen LogP contribution in [0.2, 0.25) is 0 Å². The Morgan fingerprint density at radius 2 is 0.975 bits per heavy atom. The van der Waals surface area contributed by atoms with Gasteiger partial charge in [-0.25, -0.2) is 4.79 Å². The number of carbonyl (C=O) groups is 1. The smallest absolute Gasteiger partial charge is 0.504 e. The number of hydrogen-bond donors (Lipinski definition) is 2. The summed E-state index contributed by atoms with van der Waals surface area (Å²) in [7, 11) is 0. The van der Waals surface area contributed by atoms with Crippen molar-refractivity contribution in [2.75, 3.05) is 0 Å². The van der Waals surface area contributed by atoms with E-state index in [-0.39, 0.29) is 33.5 Å². The number of rotatable bonds is 4. The summed E-state index contributed by atoms with van der Waals surface area (Å²) in [6.45, 7) is 0. The van der Waals surface area contributed by atoms with E-state index in [0.29, 0.717) is 11.1 Å².